The smallest absolute Gasteiger partial charge is 0.388 e. The van der Waals surface area contributed by atoms with Gasteiger partial charge in [0.2, 0.25) is 0 Å². The summed E-state index contributed by atoms with van der Waals surface area (Å²) in [6, 6.07) is 24.4. The molecule has 4 heterocycles. The zero-order chi connectivity index (χ0) is 29.0. The number of hydrogen-bond donors (Lipinski definition) is 1. The lowest BCUT2D eigenvalue weighted by Crippen LogP contribution is -2.68. The highest BCUT2D eigenvalue weighted by Gasteiger charge is 2.70. The van der Waals surface area contributed by atoms with Crippen LogP contribution >= 0.6 is 0 Å². The number of nitrogen functional groups attached to an aromatic ring is 1. The Morgan fingerprint density at radius 2 is 1.61 bits per heavy atom. The van der Waals surface area contributed by atoms with Gasteiger partial charge in [0.05, 0.1) is 5.69 Å². The van der Waals surface area contributed by atoms with Crippen LogP contribution in [0.1, 0.15) is 46.4 Å². The quantitative estimate of drug-likeness (QED) is 0.276. The number of rotatable bonds is 6. The molecular formula is C31H35N5O4Si. The predicted molar refractivity (Wildman–Crippen MR) is 158 cm³/mol. The van der Waals surface area contributed by atoms with Gasteiger partial charge >= 0.3 is 5.72 Å². The van der Waals surface area contributed by atoms with E-state index in [1.807, 2.05) is 62.4 Å². The van der Waals surface area contributed by atoms with Crippen molar-refractivity contribution in [2.75, 3.05) is 12.3 Å². The molecule has 2 saturated heterocycles. The summed E-state index contributed by atoms with van der Waals surface area (Å²) in [6.07, 6.45) is -0.489. The third kappa shape index (κ3) is 4.36. The minimum absolute atomic E-state index is 0.00131. The van der Waals surface area contributed by atoms with Crippen LogP contribution in [0.2, 0.25) is 5.04 Å². The molecule has 0 saturated carbocycles. The first kappa shape index (κ1) is 27.6. The largest absolute Gasteiger partial charge is 0.397 e. The summed E-state index contributed by atoms with van der Waals surface area (Å²) in [6.45, 7) is 18.8. The third-order valence-corrected chi connectivity index (χ3v) is 13.1. The maximum absolute atomic E-state index is 8.46. The Kier molecular flexibility index (Phi) is 6.56. The van der Waals surface area contributed by atoms with Gasteiger partial charge in [0.25, 0.3) is 8.32 Å². The van der Waals surface area contributed by atoms with Crippen LogP contribution in [0.15, 0.2) is 79.1 Å². The summed E-state index contributed by atoms with van der Waals surface area (Å²) >= 11 is 0. The van der Waals surface area contributed by atoms with Crippen LogP contribution in [-0.4, -0.2) is 53.2 Å². The molecule has 2 fully saturated rings. The van der Waals surface area contributed by atoms with E-state index >= 15 is 0 Å². The normalized spacial score (nSPS) is 25.7. The van der Waals surface area contributed by atoms with Crippen molar-refractivity contribution in [3.63, 3.8) is 0 Å². The lowest BCUT2D eigenvalue weighted by molar-refractivity contribution is -0.206. The molecule has 0 unspecified atom stereocenters. The van der Waals surface area contributed by atoms with Crippen LogP contribution in [0, 0.1) is 6.57 Å². The van der Waals surface area contributed by atoms with Crippen molar-refractivity contribution >= 4 is 30.0 Å². The minimum Gasteiger partial charge on any atom is -0.397 e. The van der Waals surface area contributed by atoms with Crippen molar-refractivity contribution in [2.45, 2.75) is 69.5 Å². The Labute approximate surface area is 241 Å². The number of anilines is 1. The summed E-state index contributed by atoms with van der Waals surface area (Å²) in [5.74, 6) is -0.553. The van der Waals surface area contributed by atoms with Crippen molar-refractivity contribution in [3.8, 4) is 0 Å². The lowest BCUT2D eigenvalue weighted by atomic mass is 10.0. The van der Waals surface area contributed by atoms with Crippen molar-refractivity contribution in [1.29, 1.82) is 0 Å². The minimum atomic E-state index is -2.96. The fraction of sp³-hybridized carbons (Fsp3) is 0.387. The standard InChI is InChI=1S/C31H35N5O4Si/c1-29(2,3)41(21-13-9-7-10-14-21,22-15-11-8-12-16-22)37-19-31(33-6)27-26(38-30(4,5)40-27)25(39-31)23-17-18-24-28(32)34-20-35-36(23)24/h7-18,20,25-27H,19H2,1-5H3,(H2,32,34,35)/t25-,26-,27-,31+/m0/s1. The molecule has 2 aromatic carbocycles. The molecule has 0 bridgehead atoms. The maximum atomic E-state index is 8.46. The third-order valence-electron chi connectivity index (χ3n) is 8.11. The molecule has 0 spiro atoms. The van der Waals surface area contributed by atoms with E-state index < -0.39 is 38.1 Å². The molecule has 2 aromatic heterocycles. The molecule has 0 amide bonds. The summed E-state index contributed by atoms with van der Waals surface area (Å²) in [4.78, 5) is 8.21. The Bertz CT molecular complexity index is 1560. The van der Waals surface area contributed by atoms with Gasteiger partial charge < -0.3 is 19.6 Å². The van der Waals surface area contributed by atoms with Gasteiger partial charge in [-0.1, -0.05) is 81.4 Å². The molecule has 41 heavy (non-hydrogen) atoms. The van der Waals surface area contributed by atoms with E-state index in [1.165, 1.54) is 6.33 Å². The first-order valence-corrected chi connectivity index (χ1v) is 15.7. The summed E-state index contributed by atoms with van der Waals surface area (Å²) in [5.41, 5.74) is 6.02. The number of hydrogen-bond acceptors (Lipinski definition) is 7. The molecule has 4 atom stereocenters. The van der Waals surface area contributed by atoms with Crippen molar-refractivity contribution in [1.82, 2.24) is 14.6 Å². The number of nitrogens with zero attached hydrogens (tertiary/aromatic N) is 4. The van der Waals surface area contributed by atoms with Crippen LogP contribution in [0.5, 0.6) is 0 Å². The maximum Gasteiger partial charge on any atom is 0.388 e. The van der Waals surface area contributed by atoms with Crippen molar-refractivity contribution in [3.05, 3.63) is 96.2 Å². The van der Waals surface area contributed by atoms with E-state index in [2.05, 4.69) is 60.0 Å². The van der Waals surface area contributed by atoms with Gasteiger partial charge in [0, 0.05) is 0 Å². The van der Waals surface area contributed by atoms with Gasteiger partial charge in [-0.2, -0.15) is 5.10 Å². The highest BCUT2D eigenvalue weighted by molar-refractivity contribution is 6.99. The number of benzene rings is 2. The van der Waals surface area contributed by atoms with Gasteiger partial charge in [0.15, 0.2) is 17.7 Å². The molecule has 2 aliphatic heterocycles. The summed E-state index contributed by atoms with van der Waals surface area (Å²) in [5, 5.41) is 6.39. The topological polar surface area (TPSA) is 97.5 Å². The highest BCUT2D eigenvalue weighted by atomic mass is 28.4. The van der Waals surface area contributed by atoms with E-state index in [-0.39, 0.29) is 11.6 Å². The fourth-order valence-corrected chi connectivity index (χ4v) is 10.9. The fourth-order valence-electron chi connectivity index (χ4n) is 6.34. The number of aromatic nitrogens is 3. The second-order valence-corrected chi connectivity index (χ2v) is 16.5. The van der Waals surface area contributed by atoms with E-state index in [0.29, 0.717) is 17.0 Å². The Morgan fingerprint density at radius 1 is 0.976 bits per heavy atom. The molecule has 10 heteroatoms. The van der Waals surface area contributed by atoms with Gasteiger partial charge in [-0.25, -0.2) is 16.1 Å². The molecule has 4 aromatic rings. The zero-order valence-corrected chi connectivity index (χ0v) is 24.9. The van der Waals surface area contributed by atoms with Gasteiger partial charge in [0.1, 0.15) is 30.7 Å². The highest BCUT2D eigenvalue weighted by Crippen LogP contribution is 2.51. The second kappa shape index (κ2) is 9.75. The molecule has 9 nitrogen and oxygen atoms in total. The number of fused-ring (bicyclic) bond motifs is 2. The first-order chi connectivity index (χ1) is 19.5. The molecule has 2 aliphatic rings. The summed E-state index contributed by atoms with van der Waals surface area (Å²) < 4.78 is 28.4. The Morgan fingerprint density at radius 3 is 2.20 bits per heavy atom. The van der Waals surface area contributed by atoms with Gasteiger partial charge in [-0.05, 0) is 41.4 Å². The zero-order valence-electron chi connectivity index (χ0n) is 23.9. The molecule has 0 radical (unpaired) electrons. The average molecular weight is 570 g/mol. The molecular weight excluding hydrogens is 534 g/mol. The molecule has 0 aliphatic carbocycles. The van der Waals surface area contributed by atoms with Gasteiger partial charge in [-0.15, -0.1) is 0 Å². The van der Waals surface area contributed by atoms with Crippen molar-refractivity contribution in [2.24, 2.45) is 0 Å². The predicted octanol–water partition coefficient (Wildman–Crippen LogP) is 4.10. The number of ether oxygens (including phenoxy) is 3. The van der Waals surface area contributed by atoms with Crippen molar-refractivity contribution < 1.29 is 18.6 Å². The summed E-state index contributed by atoms with van der Waals surface area (Å²) in [7, 11) is -2.96. The van der Waals surface area contributed by atoms with Crippen LogP contribution in [-0.2, 0) is 18.6 Å². The van der Waals surface area contributed by atoms with Crippen LogP contribution in [0.25, 0.3) is 10.4 Å². The molecule has 6 rings (SSSR count). The monoisotopic (exact) mass is 569 g/mol. The lowest BCUT2D eigenvalue weighted by Gasteiger charge is -2.43. The Balaban J connectivity index is 1.45. The van der Waals surface area contributed by atoms with Gasteiger partial charge in [-0.3, -0.25) is 9.58 Å². The average Bonchev–Trinajstić information content (AvgIpc) is 3.60. The SMILES string of the molecule is [C-]#[N+][C@]1(CO[Si](c2ccccc2)(c2ccccc2)C(C)(C)C)O[C@@H](c2ccc3c(N)ncnn23)[C@@H]2OC(C)(C)O[C@@H]21. The number of nitrogens with two attached hydrogens (primary N) is 1. The van der Waals surface area contributed by atoms with Crippen LogP contribution < -0.4 is 16.1 Å². The van der Waals surface area contributed by atoms with E-state index in [1.54, 1.807) is 4.52 Å². The van der Waals surface area contributed by atoms with E-state index in [9.17, 15) is 0 Å². The van der Waals surface area contributed by atoms with E-state index in [0.717, 1.165) is 10.4 Å². The molecule has 212 valence electrons. The Hall–Kier alpha value is -3.59. The second-order valence-electron chi connectivity index (χ2n) is 12.2. The van der Waals surface area contributed by atoms with Crippen LogP contribution in [0.3, 0.4) is 0 Å². The van der Waals surface area contributed by atoms with E-state index in [4.69, 9.17) is 30.9 Å². The molecule has 2 N–H and O–H groups in total. The first-order valence-electron chi connectivity index (χ1n) is 13.8. The van der Waals surface area contributed by atoms with Crippen LogP contribution in [0.4, 0.5) is 5.82 Å².